The maximum atomic E-state index is 10.7. The predicted molar refractivity (Wildman–Crippen MR) is 59.7 cm³/mol. The summed E-state index contributed by atoms with van der Waals surface area (Å²) in [5.74, 6) is 0. The highest BCUT2D eigenvalue weighted by molar-refractivity contribution is 5.65. The molecule has 7 heteroatoms. The summed E-state index contributed by atoms with van der Waals surface area (Å²) >= 11 is 0. The molecule has 1 aliphatic heterocycles. The monoisotopic (exact) mass is 238 g/mol. The highest BCUT2D eigenvalue weighted by Crippen LogP contribution is 2.15. The lowest BCUT2D eigenvalue weighted by Crippen LogP contribution is -2.41. The number of aromatic nitrogens is 2. The van der Waals surface area contributed by atoms with Gasteiger partial charge in [0.15, 0.2) is 0 Å². The summed E-state index contributed by atoms with van der Waals surface area (Å²) in [7, 11) is 0. The van der Waals surface area contributed by atoms with Crippen LogP contribution in [0.3, 0.4) is 0 Å². The molecule has 0 atom stereocenters. The molecule has 0 radical (unpaired) electrons. The van der Waals surface area contributed by atoms with E-state index in [9.17, 15) is 4.79 Å². The number of rotatable bonds is 2. The minimum absolute atomic E-state index is 0.0331. The second-order valence-electron chi connectivity index (χ2n) is 3.89. The zero-order valence-electron chi connectivity index (χ0n) is 9.24. The van der Waals surface area contributed by atoms with Crippen LogP contribution in [0.4, 0.5) is 10.5 Å². The first-order valence-electron chi connectivity index (χ1n) is 5.37. The van der Waals surface area contributed by atoms with E-state index in [4.69, 9.17) is 15.6 Å². The van der Waals surface area contributed by atoms with Crippen LogP contribution in [0.2, 0.25) is 0 Å². The Morgan fingerprint density at radius 1 is 1.41 bits per heavy atom. The maximum Gasteiger partial charge on any atom is 0.407 e. The summed E-state index contributed by atoms with van der Waals surface area (Å²) in [6.07, 6.45) is 3.35. The molecule has 2 rings (SSSR count). The van der Waals surface area contributed by atoms with Gasteiger partial charge in [0, 0.05) is 25.9 Å². The normalized spacial score (nSPS) is 16.8. The molecule has 0 bridgehead atoms. The van der Waals surface area contributed by atoms with Gasteiger partial charge in [-0.2, -0.15) is 0 Å². The van der Waals surface area contributed by atoms with E-state index in [0.717, 1.165) is 0 Å². The zero-order valence-corrected chi connectivity index (χ0v) is 9.24. The summed E-state index contributed by atoms with van der Waals surface area (Å²) in [5, 5.41) is 8.79. The molecule has 17 heavy (non-hydrogen) atoms. The van der Waals surface area contributed by atoms with Crippen molar-refractivity contribution < 1.29 is 14.6 Å². The Morgan fingerprint density at radius 2 is 2.00 bits per heavy atom. The Morgan fingerprint density at radius 3 is 2.53 bits per heavy atom. The fourth-order valence-corrected chi connectivity index (χ4v) is 1.70. The van der Waals surface area contributed by atoms with Gasteiger partial charge in [-0.25, -0.2) is 14.8 Å². The molecule has 0 aliphatic carbocycles. The van der Waals surface area contributed by atoms with Gasteiger partial charge in [-0.3, -0.25) is 0 Å². The lowest BCUT2D eigenvalue weighted by molar-refractivity contribution is 0.0844. The third kappa shape index (κ3) is 2.96. The number of ether oxygens (including phenoxy) is 1. The van der Waals surface area contributed by atoms with E-state index in [1.165, 1.54) is 17.3 Å². The molecule has 1 aliphatic rings. The molecule has 0 aromatic carbocycles. The van der Waals surface area contributed by atoms with Crippen LogP contribution in [0.25, 0.3) is 0 Å². The third-order valence-corrected chi connectivity index (χ3v) is 2.63. The third-order valence-electron chi connectivity index (χ3n) is 2.63. The van der Waals surface area contributed by atoms with Crippen molar-refractivity contribution in [3.05, 3.63) is 12.4 Å². The van der Waals surface area contributed by atoms with Crippen molar-refractivity contribution in [1.29, 1.82) is 0 Å². The van der Waals surface area contributed by atoms with Crippen molar-refractivity contribution in [3.8, 4) is 6.01 Å². The number of carboxylic acid groups (broad SMARTS) is 1. The van der Waals surface area contributed by atoms with Crippen LogP contribution in [-0.2, 0) is 0 Å². The summed E-state index contributed by atoms with van der Waals surface area (Å²) in [5.41, 5.74) is 5.94. The number of nitrogens with two attached hydrogens (primary N) is 1. The van der Waals surface area contributed by atoms with Crippen molar-refractivity contribution in [1.82, 2.24) is 14.9 Å². The Kier molecular flexibility index (Phi) is 3.27. The first kappa shape index (κ1) is 11.4. The first-order chi connectivity index (χ1) is 8.15. The summed E-state index contributed by atoms with van der Waals surface area (Å²) in [6.45, 7) is 0.962. The molecule has 92 valence electrons. The van der Waals surface area contributed by atoms with Gasteiger partial charge in [-0.05, 0) is 0 Å². The number of carbonyl (C=O) groups is 1. The molecule has 0 saturated carbocycles. The van der Waals surface area contributed by atoms with Crippen LogP contribution >= 0.6 is 0 Å². The van der Waals surface area contributed by atoms with Crippen LogP contribution in [-0.4, -0.2) is 45.3 Å². The van der Waals surface area contributed by atoms with E-state index < -0.39 is 6.09 Å². The smallest absolute Gasteiger partial charge is 0.407 e. The minimum atomic E-state index is -0.882. The number of nitrogens with zero attached hydrogens (tertiary/aromatic N) is 3. The second kappa shape index (κ2) is 4.86. The van der Waals surface area contributed by atoms with Gasteiger partial charge in [0.2, 0.25) is 0 Å². The molecule has 0 spiro atoms. The number of anilines is 1. The van der Waals surface area contributed by atoms with Crippen LogP contribution in [0.1, 0.15) is 12.8 Å². The van der Waals surface area contributed by atoms with Gasteiger partial charge >= 0.3 is 12.1 Å². The number of amides is 1. The highest BCUT2D eigenvalue weighted by Gasteiger charge is 2.23. The predicted octanol–water partition coefficient (Wildman–Crippen LogP) is 0.580. The molecule has 1 fully saturated rings. The quantitative estimate of drug-likeness (QED) is 0.781. The number of nitrogen functional groups attached to an aromatic ring is 1. The molecule has 1 amide bonds. The standard InChI is InChI=1S/C10H14N4O3/c11-7-5-12-9(13-6-7)17-8-1-3-14(4-2-8)10(15)16/h5-6,8H,1-4,11H2,(H,15,16). The summed E-state index contributed by atoms with van der Waals surface area (Å²) in [6, 6.07) is 0.285. The molecule has 1 saturated heterocycles. The Bertz CT molecular complexity index is 387. The number of hydrogen-bond donors (Lipinski definition) is 2. The lowest BCUT2D eigenvalue weighted by atomic mass is 10.1. The summed E-state index contributed by atoms with van der Waals surface area (Å²) in [4.78, 5) is 20.0. The van der Waals surface area contributed by atoms with Gasteiger partial charge in [-0.1, -0.05) is 0 Å². The van der Waals surface area contributed by atoms with Gasteiger partial charge < -0.3 is 20.5 Å². The molecule has 7 nitrogen and oxygen atoms in total. The topological polar surface area (TPSA) is 102 Å². The van der Waals surface area contributed by atoms with E-state index in [2.05, 4.69) is 9.97 Å². The first-order valence-corrected chi connectivity index (χ1v) is 5.37. The SMILES string of the molecule is Nc1cnc(OC2CCN(C(=O)O)CC2)nc1. The van der Waals surface area contributed by atoms with Gasteiger partial charge in [0.25, 0.3) is 0 Å². The fraction of sp³-hybridized carbons (Fsp3) is 0.500. The average molecular weight is 238 g/mol. The van der Waals surface area contributed by atoms with E-state index in [1.807, 2.05) is 0 Å². The van der Waals surface area contributed by atoms with Crippen LogP contribution in [0.5, 0.6) is 6.01 Å². The van der Waals surface area contributed by atoms with Crippen LogP contribution in [0, 0.1) is 0 Å². The number of likely N-dealkylation sites (tertiary alicyclic amines) is 1. The van der Waals surface area contributed by atoms with E-state index in [0.29, 0.717) is 31.6 Å². The fourth-order valence-electron chi connectivity index (χ4n) is 1.70. The highest BCUT2D eigenvalue weighted by atomic mass is 16.5. The molecular formula is C10H14N4O3. The van der Waals surface area contributed by atoms with Crippen molar-refractivity contribution in [3.63, 3.8) is 0 Å². The number of hydrogen-bond acceptors (Lipinski definition) is 5. The van der Waals surface area contributed by atoms with E-state index >= 15 is 0 Å². The molecule has 3 N–H and O–H groups in total. The largest absolute Gasteiger partial charge is 0.465 e. The van der Waals surface area contributed by atoms with Crippen LogP contribution < -0.4 is 10.5 Å². The van der Waals surface area contributed by atoms with E-state index in [-0.39, 0.29) is 12.1 Å². The Balaban J connectivity index is 1.85. The van der Waals surface area contributed by atoms with Gasteiger partial charge in [0.05, 0.1) is 18.1 Å². The van der Waals surface area contributed by atoms with Crippen LogP contribution in [0.15, 0.2) is 12.4 Å². The van der Waals surface area contributed by atoms with Crippen molar-refractivity contribution in [2.45, 2.75) is 18.9 Å². The van der Waals surface area contributed by atoms with Gasteiger partial charge in [0.1, 0.15) is 6.10 Å². The summed E-state index contributed by atoms with van der Waals surface area (Å²) < 4.78 is 5.54. The van der Waals surface area contributed by atoms with Gasteiger partial charge in [-0.15, -0.1) is 0 Å². The number of piperidine rings is 1. The molecule has 0 unspecified atom stereocenters. The van der Waals surface area contributed by atoms with Crippen molar-refractivity contribution in [2.24, 2.45) is 0 Å². The maximum absolute atomic E-state index is 10.7. The van der Waals surface area contributed by atoms with Crippen molar-refractivity contribution in [2.75, 3.05) is 18.8 Å². The molecule has 1 aromatic rings. The minimum Gasteiger partial charge on any atom is -0.465 e. The second-order valence-corrected chi connectivity index (χ2v) is 3.89. The molecule has 2 heterocycles. The molecular weight excluding hydrogens is 224 g/mol. The average Bonchev–Trinajstić information content (AvgIpc) is 2.33. The lowest BCUT2D eigenvalue weighted by Gasteiger charge is -2.29. The van der Waals surface area contributed by atoms with Crippen molar-refractivity contribution >= 4 is 11.8 Å². The Labute approximate surface area is 98.2 Å². The molecule has 1 aromatic heterocycles. The zero-order chi connectivity index (χ0) is 12.3. The Hall–Kier alpha value is -2.05. The van der Waals surface area contributed by atoms with E-state index in [1.54, 1.807) is 0 Å².